The Balaban J connectivity index is 2.46. The van der Waals surface area contributed by atoms with E-state index in [1.54, 1.807) is 0 Å². The zero-order chi connectivity index (χ0) is 15.7. The molecule has 0 atom stereocenters. The average molecular weight is 334 g/mol. The molecule has 1 aromatic rings. The van der Waals surface area contributed by atoms with Gasteiger partial charge in [0.1, 0.15) is 0 Å². The number of nitrogens with one attached hydrogen (secondary N) is 1. The number of aliphatic hydroxyl groups is 1. The van der Waals surface area contributed by atoms with Crippen LogP contribution < -0.4 is 4.72 Å². The first-order valence-corrected chi connectivity index (χ1v) is 9.26. The fourth-order valence-corrected chi connectivity index (χ4v) is 3.34. The minimum atomic E-state index is -3.53. The first kappa shape index (κ1) is 18.4. The summed E-state index contributed by atoms with van der Waals surface area (Å²) < 4.78 is 26.8. The molecule has 4 nitrogen and oxygen atoms in total. The molecule has 0 spiro atoms. The van der Waals surface area contributed by atoms with Crippen LogP contribution in [-0.4, -0.2) is 20.1 Å². The van der Waals surface area contributed by atoms with Crippen LogP contribution in [0.15, 0.2) is 23.1 Å². The highest BCUT2D eigenvalue weighted by Crippen LogP contribution is 2.20. The monoisotopic (exact) mass is 333 g/mol. The summed E-state index contributed by atoms with van der Waals surface area (Å²) in [4.78, 5) is 0.141. The second-order valence-electron chi connectivity index (χ2n) is 5.08. The van der Waals surface area contributed by atoms with Crippen molar-refractivity contribution in [1.82, 2.24) is 4.72 Å². The molecule has 1 rings (SSSR count). The molecule has 0 aliphatic rings. The largest absolute Gasteiger partial charge is 0.392 e. The molecule has 0 aromatic heterocycles. The molecule has 0 aliphatic carbocycles. The molecule has 0 saturated carbocycles. The van der Waals surface area contributed by atoms with Gasteiger partial charge in [-0.1, -0.05) is 50.6 Å². The highest BCUT2D eigenvalue weighted by Gasteiger charge is 2.14. The SMILES string of the molecule is CCCCCCCCNS(=O)(=O)c1ccc(Cl)c(CO)c1. The van der Waals surface area contributed by atoms with Gasteiger partial charge in [-0.2, -0.15) is 0 Å². The maximum atomic E-state index is 12.1. The molecule has 0 heterocycles. The van der Waals surface area contributed by atoms with Crippen LogP contribution in [0, 0.1) is 0 Å². The van der Waals surface area contributed by atoms with E-state index in [0.717, 1.165) is 19.3 Å². The van der Waals surface area contributed by atoms with E-state index < -0.39 is 10.0 Å². The van der Waals surface area contributed by atoms with Gasteiger partial charge >= 0.3 is 0 Å². The molecule has 2 N–H and O–H groups in total. The van der Waals surface area contributed by atoms with Crippen LogP contribution in [0.5, 0.6) is 0 Å². The van der Waals surface area contributed by atoms with Crippen LogP contribution in [0.25, 0.3) is 0 Å². The zero-order valence-electron chi connectivity index (χ0n) is 12.4. The Kier molecular flexibility index (Phi) is 8.26. The summed E-state index contributed by atoms with van der Waals surface area (Å²) in [5, 5.41) is 9.49. The Morgan fingerprint density at radius 2 is 1.81 bits per heavy atom. The van der Waals surface area contributed by atoms with Crippen LogP contribution in [0.2, 0.25) is 5.02 Å². The Labute approximate surface area is 132 Å². The van der Waals surface area contributed by atoms with Gasteiger partial charge in [-0.25, -0.2) is 13.1 Å². The summed E-state index contributed by atoms with van der Waals surface area (Å²) in [5.74, 6) is 0. The molecule has 21 heavy (non-hydrogen) atoms. The van der Waals surface area contributed by atoms with Crippen LogP contribution in [-0.2, 0) is 16.6 Å². The Bertz CT molecular complexity index is 532. The standard InChI is InChI=1S/C15H24ClNO3S/c1-2-3-4-5-6-7-10-17-21(19,20)14-8-9-15(16)13(11-14)12-18/h8-9,11,17-18H,2-7,10,12H2,1H3. The van der Waals surface area contributed by atoms with Gasteiger partial charge in [0.05, 0.1) is 11.5 Å². The number of aliphatic hydroxyl groups excluding tert-OH is 1. The van der Waals surface area contributed by atoms with Crippen molar-refractivity contribution in [3.8, 4) is 0 Å². The predicted molar refractivity (Wildman–Crippen MR) is 85.9 cm³/mol. The van der Waals surface area contributed by atoms with E-state index in [4.69, 9.17) is 16.7 Å². The summed E-state index contributed by atoms with van der Waals surface area (Å²) in [5.41, 5.74) is 0.416. The van der Waals surface area contributed by atoms with Gasteiger partial charge < -0.3 is 5.11 Å². The van der Waals surface area contributed by atoms with Crippen LogP contribution in [0.3, 0.4) is 0 Å². The molecule has 0 unspecified atom stereocenters. The molecule has 0 radical (unpaired) electrons. The van der Waals surface area contributed by atoms with Crippen molar-refractivity contribution < 1.29 is 13.5 Å². The van der Waals surface area contributed by atoms with Gasteiger partial charge in [0, 0.05) is 11.6 Å². The lowest BCUT2D eigenvalue weighted by Crippen LogP contribution is -2.24. The highest BCUT2D eigenvalue weighted by atomic mass is 35.5. The lowest BCUT2D eigenvalue weighted by molar-refractivity contribution is 0.281. The Morgan fingerprint density at radius 3 is 2.48 bits per heavy atom. The topological polar surface area (TPSA) is 66.4 Å². The summed E-state index contributed by atoms with van der Waals surface area (Å²) >= 11 is 5.86. The smallest absolute Gasteiger partial charge is 0.240 e. The third-order valence-corrected chi connectivity index (χ3v) is 5.15. The summed E-state index contributed by atoms with van der Waals surface area (Å²) in [6.07, 6.45) is 6.66. The van der Waals surface area contributed by atoms with Crippen molar-refractivity contribution in [2.75, 3.05) is 6.54 Å². The van der Waals surface area contributed by atoms with Crippen molar-refractivity contribution in [1.29, 1.82) is 0 Å². The molecule has 120 valence electrons. The second kappa shape index (κ2) is 9.41. The summed E-state index contributed by atoms with van der Waals surface area (Å²) in [6, 6.07) is 4.35. The second-order valence-corrected chi connectivity index (χ2v) is 7.25. The molecule has 0 amide bonds. The van der Waals surface area contributed by atoms with Crippen LogP contribution in [0.1, 0.15) is 51.0 Å². The van der Waals surface area contributed by atoms with Crippen LogP contribution >= 0.6 is 11.6 Å². The first-order chi connectivity index (χ1) is 10.0. The van der Waals surface area contributed by atoms with Gasteiger partial charge in [0.15, 0.2) is 0 Å². The Hall–Kier alpha value is -0.620. The molecular weight excluding hydrogens is 310 g/mol. The number of benzene rings is 1. The van der Waals surface area contributed by atoms with Gasteiger partial charge in [-0.3, -0.25) is 0 Å². The molecule has 0 aliphatic heterocycles. The molecule has 0 fully saturated rings. The van der Waals surface area contributed by atoms with E-state index >= 15 is 0 Å². The van der Waals surface area contributed by atoms with Gasteiger partial charge in [-0.05, 0) is 30.2 Å². The average Bonchev–Trinajstić information content (AvgIpc) is 2.46. The predicted octanol–water partition coefficient (Wildman–Crippen LogP) is 3.47. The van der Waals surface area contributed by atoms with E-state index in [2.05, 4.69) is 11.6 Å². The van der Waals surface area contributed by atoms with E-state index in [-0.39, 0.29) is 11.5 Å². The lowest BCUT2D eigenvalue weighted by Gasteiger charge is -2.09. The highest BCUT2D eigenvalue weighted by molar-refractivity contribution is 7.89. The van der Waals surface area contributed by atoms with E-state index in [1.165, 1.54) is 37.5 Å². The molecule has 0 saturated heterocycles. The third kappa shape index (κ3) is 6.34. The number of hydrogen-bond donors (Lipinski definition) is 2. The van der Waals surface area contributed by atoms with E-state index in [1.807, 2.05) is 0 Å². The molecule has 1 aromatic carbocycles. The Morgan fingerprint density at radius 1 is 1.14 bits per heavy atom. The van der Waals surface area contributed by atoms with Gasteiger partial charge in [0.25, 0.3) is 0 Å². The van der Waals surface area contributed by atoms with Gasteiger partial charge in [0.2, 0.25) is 10.0 Å². The van der Waals surface area contributed by atoms with E-state index in [9.17, 15) is 8.42 Å². The van der Waals surface area contributed by atoms with Crippen molar-refractivity contribution in [2.24, 2.45) is 0 Å². The van der Waals surface area contributed by atoms with Gasteiger partial charge in [-0.15, -0.1) is 0 Å². The number of halogens is 1. The fourth-order valence-electron chi connectivity index (χ4n) is 2.03. The third-order valence-electron chi connectivity index (χ3n) is 3.32. The van der Waals surface area contributed by atoms with E-state index in [0.29, 0.717) is 17.1 Å². The lowest BCUT2D eigenvalue weighted by atomic mass is 10.1. The summed E-state index contributed by atoms with van der Waals surface area (Å²) in [7, 11) is -3.53. The number of hydrogen-bond acceptors (Lipinski definition) is 3. The minimum Gasteiger partial charge on any atom is -0.392 e. The zero-order valence-corrected chi connectivity index (χ0v) is 14.0. The number of rotatable bonds is 10. The van der Waals surface area contributed by atoms with Crippen LogP contribution in [0.4, 0.5) is 0 Å². The molecule has 0 bridgehead atoms. The maximum absolute atomic E-state index is 12.1. The molecule has 6 heteroatoms. The maximum Gasteiger partial charge on any atom is 0.240 e. The van der Waals surface area contributed by atoms with Crippen molar-refractivity contribution in [3.05, 3.63) is 28.8 Å². The number of unbranched alkanes of at least 4 members (excludes halogenated alkanes) is 5. The quantitative estimate of drug-likeness (QED) is 0.644. The minimum absolute atomic E-state index is 0.141. The number of sulfonamides is 1. The van der Waals surface area contributed by atoms with Crippen molar-refractivity contribution in [2.45, 2.75) is 57.0 Å². The van der Waals surface area contributed by atoms with Crippen molar-refractivity contribution >= 4 is 21.6 Å². The first-order valence-electron chi connectivity index (χ1n) is 7.40. The van der Waals surface area contributed by atoms with Crippen molar-refractivity contribution in [3.63, 3.8) is 0 Å². The normalized spacial score (nSPS) is 11.8. The fraction of sp³-hybridized carbons (Fsp3) is 0.600. The molecular formula is C15H24ClNO3S. The summed E-state index contributed by atoms with van der Waals surface area (Å²) in [6.45, 7) is 2.33.